The van der Waals surface area contributed by atoms with Crippen LogP contribution in [0.2, 0.25) is 0 Å². The summed E-state index contributed by atoms with van der Waals surface area (Å²) >= 11 is 0. The number of rotatable bonds is 7. The first-order valence-corrected chi connectivity index (χ1v) is 6.79. The number of nitrogens with one attached hydrogen (secondary N) is 2. The van der Waals surface area contributed by atoms with Crippen molar-refractivity contribution >= 4 is 11.6 Å². The molecular formula is C13H21N7. The summed E-state index contributed by atoms with van der Waals surface area (Å²) in [5.41, 5.74) is 2.58. The van der Waals surface area contributed by atoms with E-state index in [-0.39, 0.29) is 6.04 Å². The monoisotopic (exact) mass is 275 g/mol. The van der Waals surface area contributed by atoms with Crippen LogP contribution in [0.5, 0.6) is 0 Å². The van der Waals surface area contributed by atoms with Gasteiger partial charge < -0.3 is 10.7 Å². The topological polar surface area (TPSA) is 93.7 Å². The van der Waals surface area contributed by atoms with E-state index in [1.807, 2.05) is 16.9 Å². The Balaban J connectivity index is 2.05. The Morgan fingerprint density at radius 3 is 2.80 bits per heavy atom. The zero-order valence-electron chi connectivity index (χ0n) is 11.9. The average molecular weight is 275 g/mol. The van der Waals surface area contributed by atoms with Crippen LogP contribution in [0.25, 0.3) is 0 Å². The Morgan fingerprint density at radius 2 is 2.15 bits per heavy atom. The van der Waals surface area contributed by atoms with Crippen LogP contribution in [0.4, 0.5) is 11.6 Å². The molecule has 0 spiro atoms. The fraction of sp³-hybridized carbons (Fsp3) is 0.462. The molecule has 0 aliphatic rings. The number of anilines is 2. The summed E-state index contributed by atoms with van der Waals surface area (Å²) in [5.74, 6) is 7.63. The molecule has 0 aromatic carbocycles. The molecule has 0 bridgehead atoms. The first-order chi connectivity index (χ1) is 9.71. The zero-order valence-corrected chi connectivity index (χ0v) is 11.9. The number of aryl methyl sites for hydroxylation is 1. The van der Waals surface area contributed by atoms with Gasteiger partial charge in [0.25, 0.3) is 0 Å². The minimum atomic E-state index is 0.199. The predicted octanol–water partition coefficient (Wildman–Crippen LogP) is 1.41. The van der Waals surface area contributed by atoms with E-state index in [4.69, 9.17) is 5.84 Å². The highest BCUT2D eigenvalue weighted by molar-refractivity contribution is 5.47. The van der Waals surface area contributed by atoms with Gasteiger partial charge in [-0.15, -0.1) is 0 Å². The highest BCUT2D eigenvalue weighted by Crippen LogP contribution is 2.13. The minimum Gasteiger partial charge on any atom is -0.366 e. The van der Waals surface area contributed by atoms with Gasteiger partial charge in [0.1, 0.15) is 17.5 Å². The average Bonchev–Trinajstić information content (AvgIpc) is 2.91. The van der Waals surface area contributed by atoms with Gasteiger partial charge in [-0.25, -0.2) is 15.8 Å². The first kappa shape index (κ1) is 14.3. The third-order valence-electron chi connectivity index (χ3n) is 2.81. The minimum absolute atomic E-state index is 0.199. The Bertz CT molecular complexity index is 524. The van der Waals surface area contributed by atoms with Crippen LogP contribution in [0.15, 0.2) is 24.5 Å². The van der Waals surface area contributed by atoms with Crippen molar-refractivity contribution in [3.63, 3.8) is 0 Å². The van der Waals surface area contributed by atoms with Crippen LogP contribution in [0.3, 0.4) is 0 Å². The Labute approximate surface area is 118 Å². The highest BCUT2D eigenvalue weighted by Gasteiger charge is 2.07. The Kier molecular flexibility index (Phi) is 4.89. The van der Waals surface area contributed by atoms with Crippen LogP contribution < -0.4 is 16.6 Å². The largest absolute Gasteiger partial charge is 0.366 e. The summed E-state index contributed by atoms with van der Waals surface area (Å²) in [4.78, 5) is 8.81. The van der Waals surface area contributed by atoms with Gasteiger partial charge in [0, 0.05) is 30.9 Å². The van der Waals surface area contributed by atoms with Crippen LogP contribution >= 0.6 is 0 Å². The summed E-state index contributed by atoms with van der Waals surface area (Å²) in [6, 6.07) is 3.91. The molecule has 2 aromatic rings. The van der Waals surface area contributed by atoms with Crippen molar-refractivity contribution in [2.45, 2.75) is 39.3 Å². The number of hydrazine groups is 1. The summed E-state index contributed by atoms with van der Waals surface area (Å²) in [7, 11) is 0. The zero-order chi connectivity index (χ0) is 14.4. The molecule has 108 valence electrons. The van der Waals surface area contributed by atoms with E-state index in [9.17, 15) is 0 Å². The van der Waals surface area contributed by atoms with Gasteiger partial charge in [0.2, 0.25) is 0 Å². The lowest BCUT2D eigenvalue weighted by Gasteiger charge is -2.16. The van der Waals surface area contributed by atoms with E-state index in [1.165, 1.54) is 0 Å². The fourth-order valence-corrected chi connectivity index (χ4v) is 1.97. The lowest BCUT2D eigenvalue weighted by Crippen LogP contribution is -2.23. The normalized spacial score (nSPS) is 12.2. The molecule has 20 heavy (non-hydrogen) atoms. The molecule has 1 atom stereocenters. The van der Waals surface area contributed by atoms with Crippen molar-refractivity contribution in [3.8, 4) is 0 Å². The van der Waals surface area contributed by atoms with Gasteiger partial charge >= 0.3 is 0 Å². The van der Waals surface area contributed by atoms with E-state index in [0.717, 1.165) is 31.0 Å². The molecule has 0 saturated carbocycles. The SMILES string of the molecule is CCCc1nc(NN)cc(NC(C)Cn2cccn2)n1. The predicted molar refractivity (Wildman–Crippen MR) is 79.1 cm³/mol. The number of hydrogen-bond donors (Lipinski definition) is 3. The molecule has 0 amide bonds. The van der Waals surface area contributed by atoms with Crippen molar-refractivity contribution in [2.75, 3.05) is 10.7 Å². The molecule has 1 unspecified atom stereocenters. The Morgan fingerprint density at radius 1 is 1.35 bits per heavy atom. The summed E-state index contributed by atoms with van der Waals surface area (Å²) < 4.78 is 1.88. The van der Waals surface area contributed by atoms with Gasteiger partial charge in [0.05, 0.1) is 6.54 Å². The fourth-order valence-electron chi connectivity index (χ4n) is 1.97. The van der Waals surface area contributed by atoms with E-state index >= 15 is 0 Å². The van der Waals surface area contributed by atoms with Crippen LogP contribution in [-0.2, 0) is 13.0 Å². The number of hydrogen-bond acceptors (Lipinski definition) is 6. The first-order valence-electron chi connectivity index (χ1n) is 6.79. The summed E-state index contributed by atoms with van der Waals surface area (Å²) in [6.45, 7) is 4.95. The molecule has 7 heteroatoms. The van der Waals surface area contributed by atoms with E-state index in [1.54, 1.807) is 12.3 Å². The van der Waals surface area contributed by atoms with Gasteiger partial charge in [0.15, 0.2) is 0 Å². The van der Waals surface area contributed by atoms with Crippen molar-refractivity contribution in [3.05, 3.63) is 30.4 Å². The number of nitrogens with two attached hydrogens (primary N) is 1. The highest BCUT2D eigenvalue weighted by atomic mass is 15.3. The standard InChI is InChI=1S/C13H21N7/c1-3-5-11-17-12(8-13(18-11)19-14)16-10(2)9-20-7-4-6-15-20/h4,6-8,10H,3,5,9,14H2,1-2H3,(H2,16,17,18,19). The quantitative estimate of drug-likeness (QED) is 0.522. The molecule has 0 aliphatic carbocycles. The van der Waals surface area contributed by atoms with Gasteiger partial charge in [-0.1, -0.05) is 6.92 Å². The van der Waals surface area contributed by atoms with Crippen molar-refractivity contribution < 1.29 is 0 Å². The lowest BCUT2D eigenvalue weighted by atomic mass is 10.3. The maximum absolute atomic E-state index is 5.44. The number of nitrogens with zero attached hydrogens (tertiary/aromatic N) is 4. The molecule has 0 aliphatic heterocycles. The Hall–Kier alpha value is -2.15. The molecule has 0 radical (unpaired) electrons. The second-order valence-corrected chi connectivity index (χ2v) is 4.72. The second-order valence-electron chi connectivity index (χ2n) is 4.72. The third-order valence-corrected chi connectivity index (χ3v) is 2.81. The summed E-state index contributed by atoms with van der Waals surface area (Å²) in [5, 5.41) is 7.54. The van der Waals surface area contributed by atoms with Gasteiger partial charge in [-0.3, -0.25) is 4.68 Å². The van der Waals surface area contributed by atoms with E-state index in [2.05, 4.69) is 39.7 Å². The van der Waals surface area contributed by atoms with Gasteiger partial charge in [-0.2, -0.15) is 5.10 Å². The van der Waals surface area contributed by atoms with Crippen LogP contribution in [0, 0.1) is 0 Å². The van der Waals surface area contributed by atoms with Gasteiger partial charge in [-0.05, 0) is 19.4 Å². The third kappa shape index (κ3) is 3.92. The maximum atomic E-state index is 5.44. The van der Waals surface area contributed by atoms with Crippen LogP contribution in [0.1, 0.15) is 26.1 Å². The molecule has 2 heterocycles. The smallest absolute Gasteiger partial charge is 0.145 e. The molecule has 7 nitrogen and oxygen atoms in total. The molecular weight excluding hydrogens is 254 g/mol. The second kappa shape index (κ2) is 6.85. The van der Waals surface area contributed by atoms with E-state index < -0.39 is 0 Å². The maximum Gasteiger partial charge on any atom is 0.145 e. The van der Waals surface area contributed by atoms with E-state index in [0.29, 0.717) is 5.82 Å². The molecule has 2 rings (SSSR count). The molecule has 0 saturated heterocycles. The van der Waals surface area contributed by atoms with Crippen molar-refractivity contribution in [1.29, 1.82) is 0 Å². The van der Waals surface area contributed by atoms with Crippen molar-refractivity contribution in [1.82, 2.24) is 19.7 Å². The molecule has 4 N–H and O–H groups in total. The molecule has 0 fully saturated rings. The van der Waals surface area contributed by atoms with Crippen LogP contribution in [-0.4, -0.2) is 25.8 Å². The van der Waals surface area contributed by atoms with Crippen molar-refractivity contribution in [2.24, 2.45) is 5.84 Å². The lowest BCUT2D eigenvalue weighted by molar-refractivity contribution is 0.559. The number of nitrogen functional groups attached to an aromatic ring is 1. The molecule has 2 aromatic heterocycles. The number of aromatic nitrogens is 4. The summed E-state index contributed by atoms with van der Waals surface area (Å²) in [6.07, 6.45) is 5.54.